The van der Waals surface area contributed by atoms with Crippen LogP contribution < -0.4 is 16.4 Å². The van der Waals surface area contributed by atoms with E-state index in [-0.39, 0.29) is 6.03 Å². The number of nitrogens with zero attached hydrogens (tertiary/aromatic N) is 1. The van der Waals surface area contributed by atoms with E-state index in [4.69, 9.17) is 5.73 Å². The zero-order valence-electron chi connectivity index (χ0n) is 10.5. The van der Waals surface area contributed by atoms with Gasteiger partial charge < -0.3 is 16.4 Å². The first-order chi connectivity index (χ1) is 9.28. The summed E-state index contributed by atoms with van der Waals surface area (Å²) in [4.78, 5) is 15.7. The summed E-state index contributed by atoms with van der Waals surface area (Å²) in [7, 11) is 0. The molecule has 4 N–H and O–H groups in total. The van der Waals surface area contributed by atoms with Crippen molar-refractivity contribution in [2.45, 2.75) is 13.1 Å². The summed E-state index contributed by atoms with van der Waals surface area (Å²) in [6, 6.07) is 10.9. The van der Waals surface area contributed by atoms with Crippen LogP contribution in [0.1, 0.15) is 11.1 Å². The third kappa shape index (κ3) is 4.08. The van der Waals surface area contributed by atoms with E-state index in [9.17, 15) is 4.79 Å². The van der Waals surface area contributed by atoms with E-state index >= 15 is 0 Å². The Morgan fingerprint density at radius 1 is 1.16 bits per heavy atom. The molecule has 5 heteroatoms. The van der Waals surface area contributed by atoms with Crippen molar-refractivity contribution >= 4 is 11.7 Å². The number of hydrogen-bond acceptors (Lipinski definition) is 3. The summed E-state index contributed by atoms with van der Waals surface area (Å²) in [5, 5.41) is 5.51. The van der Waals surface area contributed by atoms with Crippen molar-refractivity contribution in [2.24, 2.45) is 5.73 Å². The van der Waals surface area contributed by atoms with Gasteiger partial charge in [0.25, 0.3) is 0 Å². The third-order valence-electron chi connectivity index (χ3n) is 2.62. The number of rotatable bonds is 4. The van der Waals surface area contributed by atoms with Gasteiger partial charge in [-0.1, -0.05) is 18.2 Å². The number of hydrogen-bond donors (Lipinski definition) is 3. The average Bonchev–Trinajstić information content (AvgIpc) is 2.47. The topological polar surface area (TPSA) is 80.0 Å². The van der Waals surface area contributed by atoms with Crippen LogP contribution in [0.15, 0.2) is 48.8 Å². The molecule has 0 aliphatic carbocycles. The summed E-state index contributed by atoms with van der Waals surface area (Å²) in [5.41, 5.74) is 8.23. The Morgan fingerprint density at radius 2 is 1.95 bits per heavy atom. The highest BCUT2D eigenvalue weighted by Crippen LogP contribution is 2.08. The van der Waals surface area contributed by atoms with Crippen molar-refractivity contribution in [3.05, 3.63) is 59.9 Å². The Hall–Kier alpha value is -2.40. The average molecular weight is 256 g/mol. The van der Waals surface area contributed by atoms with Gasteiger partial charge in [-0.3, -0.25) is 4.98 Å². The van der Waals surface area contributed by atoms with Crippen molar-refractivity contribution in [3.63, 3.8) is 0 Å². The Kier molecular flexibility index (Phi) is 4.47. The molecule has 0 radical (unpaired) electrons. The second-order valence-electron chi connectivity index (χ2n) is 4.07. The molecule has 0 fully saturated rings. The molecule has 0 aliphatic heterocycles. The Labute approximate surface area is 111 Å². The number of nitrogens with one attached hydrogen (secondary N) is 2. The van der Waals surface area contributed by atoms with E-state index in [1.807, 2.05) is 36.4 Å². The molecule has 0 saturated carbocycles. The molecule has 2 aromatic rings. The molecule has 0 unspecified atom stereocenters. The molecule has 0 atom stereocenters. The van der Waals surface area contributed by atoms with Crippen molar-refractivity contribution in [3.8, 4) is 0 Å². The monoisotopic (exact) mass is 256 g/mol. The molecular formula is C14H16N4O. The van der Waals surface area contributed by atoms with Crippen LogP contribution >= 0.6 is 0 Å². The van der Waals surface area contributed by atoms with Crippen molar-refractivity contribution in [2.75, 3.05) is 5.32 Å². The van der Waals surface area contributed by atoms with Gasteiger partial charge >= 0.3 is 6.03 Å². The Bertz CT molecular complexity index is 525. The van der Waals surface area contributed by atoms with Gasteiger partial charge in [0.15, 0.2) is 0 Å². The SMILES string of the molecule is NCc1ccc(NC(=O)NCc2cccnc2)cc1. The van der Waals surface area contributed by atoms with Gasteiger partial charge in [-0.2, -0.15) is 0 Å². The second-order valence-corrected chi connectivity index (χ2v) is 4.07. The number of carbonyl (C=O) groups excluding carboxylic acids is 1. The molecule has 1 heterocycles. The number of aromatic nitrogens is 1. The summed E-state index contributed by atoms with van der Waals surface area (Å²) in [5.74, 6) is 0. The largest absolute Gasteiger partial charge is 0.334 e. The van der Waals surface area contributed by atoms with Crippen LogP contribution in [-0.2, 0) is 13.1 Å². The zero-order valence-corrected chi connectivity index (χ0v) is 10.5. The fourth-order valence-electron chi connectivity index (χ4n) is 1.58. The van der Waals surface area contributed by atoms with Crippen LogP contribution in [-0.4, -0.2) is 11.0 Å². The maximum Gasteiger partial charge on any atom is 0.319 e. The van der Waals surface area contributed by atoms with Crippen molar-refractivity contribution in [1.82, 2.24) is 10.3 Å². The van der Waals surface area contributed by atoms with Crippen LogP contribution in [0.25, 0.3) is 0 Å². The number of carbonyl (C=O) groups is 1. The summed E-state index contributed by atoms with van der Waals surface area (Å²) in [6.45, 7) is 0.939. The van der Waals surface area contributed by atoms with Gasteiger partial charge in [-0.25, -0.2) is 4.79 Å². The number of amides is 2. The molecule has 1 aromatic carbocycles. The molecule has 2 amide bonds. The van der Waals surface area contributed by atoms with E-state index in [2.05, 4.69) is 15.6 Å². The molecule has 0 bridgehead atoms. The molecule has 0 aliphatic rings. The first-order valence-electron chi connectivity index (χ1n) is 6.00. The van der Waals surface area contributed by atoms with Gasteiger partial charge in [0.2, 0.25) is 0 Å². The van der Waals surface area contributed by atoms with E-state index < -0.39 is 0 Å². The van der Waals surface area contributed by atoms with E-state index in [1.165, 1.54) is 0 Å². The first kappa shape index (κ1) is 13.0. The zero-order chi connectivity index (χ0) is 13.5. The Balaban J connectivity index is 1.83. The van der Waals surface area contributed by atoms with Crippen LogP contribution in [0.4, 0.5) is 10.5 Å². The van der Waals surface area contributed by atoms with Crippen LogP contribution in [0.5, 0.6) is 0 Å². The number of nitrogens with two attached hydrogens (primary N) is 1. The highest BCUT2D eigenvalue weighted by molar-refractivity contribution is 5.89. The van der Waals surface area contributed by atoms with E-state index in [0.717, 1.165) is 16.8 Å². The van der Waals surface area contributed by atoms with Gasteiger partial charge in [0.05, 0.1) is 0 Å². The maximum absolute atomic E-state index is 11.7. The lowest BCUT2D eigenvalue weighted by Crippen LogP contribution is -2.28. The second kappa shape index (κ2) is 6.51. The predicted octanol–water partition coefficient (Wildman–Crippen LogP) is 1.86. The highest BCUT2D eigenvalue weighted by Gasteiger charge is 2.01. The quantitative estimate of drug-likeness (QED) is 0.781. The predicted molar refractivity (Wildman–Crippen MR) is 74.4 cm³/mol. The smallest absolute Gasteiger partial charge is 0.319 e. The number of urea groups is 1. The molecule has 0 saturated heterocycles. The van der Waals surface area contributed by atoms with Gasteiger partial charge in [-0.15, -0.1) is 0 Å². The summed E-state index contributed by atoms with van der Waals surface area (Å²) in [6.07, 6.45) is 3.42. The lowest BCUT2D eigenvalue weighted by molar-refractivity contribution is 0.251. The van der Waals surface area contributed by atoms with Gasteiger partial charge in [0.1, 0.15) is 0 Å². The van der Waals surface area contributed by atoms with E-state index in [1.54, 1.807) is 12.4 Å². The minimum Gasteiger partial charge on any atom is -0.334 e. The maximum atomic E-state index is 11.7. The van der Waals surface area contributed by atoms with Crippen LogP contribution in [0, 0.1) is 0 Å². The molecule has 5 nitrogen and oxygen atoms in total. The fourth-order valence-corrected chi connectivity index (χ4v) is 1.58. The number of anilines is 1. The molecule has 19 heavy (non-hydrogen) atoms. The standard InChI is InChI=1S/C14H16N4O/c15-8-11-3-5-13(6-4-11)18-14(19)17-10-12-2-1-7-16-9-12/h1-7,9H,8,10,15H2,(H2,17,18,19). The molecule has 0 spiro atoms. The van der Waals surface area contributed by atoms with Crippen LogP contribution in [0.3, 0.4) is 0 Å². The van der Waals surface area contributed by atoms with Gasteiger partial charge in [0, 0.05) is 31.2 Å². The minimum absolute atomic E-state index is 0.246. The van der Waals surface area contributed by atoms with Gasteiger partial charge in [-0.05, 0) is 29.3 Å². The van der Waals surface area contributed by atoms with Crippen molar-refractivity contribution < 1.29 is 4.79 Å². The fraction of sp³-hybridized carbons (Fsp3) is 0.143. The molecular weight excluding hydrogens is 240 g/mol. The summed E-state index contributed by atoms with van der Waals surface area (Å²) < 4.78 is 0. The summed E-state index contributed by atoms with van der Waals surface area (Å²) >= 11 is 0. The normalized spacial score (nSPS) is 9.95. The third-order valence-corrected chi connectivity index (χ3v) is 2.62. The minimum atomic E-state index is -0.246. The number of benzene rings is 1. The lowest BCUT2D eigenvalue weighted by Gasteiger charge is -2.08. The first-order valence-corrected chi connectivity index (χ1v) is 6.00. The van der Waals surface area contributed by atoms with E-state index in [0.29, 0.717) is 13.1 Å². The Morgan fingerprint density at radius 3 is 2.58 bits per heavy atom. The highest BCUT2D eigenvalue weighted by atomic mass is 16.2. The molecule has 1 aromatic heterocycles. The molecule has 2 rings (SSSR count). The lowest BCUT2D eigenvalue weighted by atomic mass is 10.2. The molecule has 98 valence electrons. The van der Waals surface area contributed by atoms with Crippen molar-refractivity contribution in [1.29, 1.82) is 0 Å². The number of pyridine rings is 1. The van der Waals surface area contributed by atoms with Crippen LogP contribution in [0.2, 0.25) is 0 Å².